The van der Waals surface area contributed by atoms with Crippen LogP contribution >= 0.6 is 22.9 Å². The van der Waals surface area contributed by atoms with Crippen molar-refractivity contribution in [2.75, 3.05) is 5.32 Å². The molecule has 0 atom stereocenters. The standard InChI is InChI=1S/C21H15ClN2S.BrH/c22-17-13-11-16(12-14-17)20-15-25-21(23-18-7-3-1-4-8-18)24(20)19-9-5-2-6-10-19;/h1-15H;1H. The van der Waals surface area contributed by atoms with E-state index in [-0.39, 0.29) is 17.0 Å². The van der Waals surface area contributed by atoms with Gasteiger partial charge >= 0.3 is 5.13 Å². The van der Waals surface area contributed by atoms with Crippen molar-refractivity contribution in [2.24, 2.45) is 0 Å². The normalized spacial score (nSPS) is 10.2. The quantitative estimate of drug-likeness (QED) is 0.479. The van der Waals surface area contributed by atoms with Gasteiger partial charge in [-0.25, -0.2) is 5.32 Å². The molecule has 5 heteroatoms. The Balaban J connectivity index is 0.00000196. The predicted octanol–water partition coefficient (Wildman–Crippen LogP) is 3.09. The summed E-state index contributed by atoms with van der Waals surface area (Å²) in [4.78, 5) is 0. The SMILES string of the molecule is Clc1ccc(-c2csc(Nc3ccccc3)[n+]2-c2ccccc2)cc1.[Br-]. The second-order valence-electron chi connectivity index (χ2n) is 5.59. The second kappa shape index (κ2) is 8.49. The summed E-state index contributed by atoms with van der Waals surface area (Å²) in [5.74, 6) is 0. The lowest BCUT2D eigenvalue weighted by Gasteiger charge is -2.06. The average Bonchev–Trinajstić information content (AvgIpc) is 3.07. The van der Waals surface area contributed by atoms with Gasteiger partial charge in [0.2, 0.25) is 0 Å². The molecule has 130 valence electrons. The van der Waals surface area contributed by atoms with E-state index in [9.17, 15) is 0 Å². The number of hydrogen-bond donors (Lipinski definition) is 1. The highest BCUT2D eigenvalue weighted by molar-refractivity contribution is 7.13. The van der Waals surface area contributed by atoms with Gasteiger partial charge in [-0.3, -0.25) is 0 Å². The van der Waals surface area contributed by atoms with Gasteiger partial charge in [0.1, 0.15) is 11.4 Å². The summed E-state index contributed by atoms with van der Waals surface area (Å²) in [5.41, 5.74) is 4.45. The molecule has 0 aliphatic carbocycles. The van der Waals surface area contributed by atoms with Crippen LogP contribution in [0.4, 0.5) is 10.8 Å². The zero-order chi connectivity index (χ0) is 17.1. The molecular weight excluding hydrogens is 428 g/mol. The monoisotopic (exact) mass is 442 g/mol. The van der Waals surface area contributed by atoms with Crippen molar-refractivity contribution in [3.63, 3.8) is 0 Å². The summed E-state index contributed by atoms with van der Waals surface area (Å²) in [6, 6.07) is 28.5. The van der Waals surface area contributed by atoms with Crippen LogP contribution in [0.2, 0.25) is 5.02 Å². The second-order valence-corrected chi connectivity index (χ2v) is 6.89. The molecule has 0 aliphatic rings. The number of halogens is 2. The average molecular weight is 444 g/mol. The molecule has 0 unspecified atom stereocenters. The molecule has 1 aromatic heterocycles. The number of benzene rings is 3. The lowest BCUT2D eigenvalue weighted by atomic mass is 10.1. The Bertz CT molecular complexity index is 970. The first-order valence-electron chi connectivity index (χ1n) is 7.98. The van der Waals surface area contributed by atoms with E-state index < -0.39 is 0 Å². The number of aromatic nitrogens is 1. The lowest BCUT2D eigenvalue weighted by molar-refractivity contribution is -0.563. The number of para-hydroxylation sites is 2. The Kier molecular flexibility index (Phi) is 6.09. The smallest absolute Gasteiger partial charge is 0.344 e. The van der Waals surface area contributed by atoms with Crippen molar-refractivity contribution in [1.29, 1.82) is 0 Å². The Morgan fingerprint density at radius 2 is 1.38 bits per heavy atom. The minimum Gasteiger partial charge on any atom is -1.00 e. The van der Waals surface area contributed by atoms with Gasteiger partial charge in [-0.05, 0) is 48.5 Å². The third-order valence-electron chi connectivity index (χ3n) is 3.91. The summed E-state index contributed by atoms with van der Waals surface area (Å²) >= 11 is 7.74. The van der Waals surface area contributed by atoms with Gasteiger partial charge < -0.3 is 17.0 Å². The fourth-order valence-electron chi connectivity index (χ4n) is 2.71. The molecule has 0 spiro atoms. The van der Waals surface area contributed by atoms with Crippen molar-refractivity contribution in [3.8, 4) is 16.9 Å². The summed E-state index contributed by atoms with van der Waals surface area (Å²) < 4.78 is 2.24. The van der Waals surface area contributed by atoms with Crippen LogP contribution in [-0.2, 0) is 0 Å². The molecule has 0 aliphatic heterocycles. The maximum Gasteiger partial charge on any atom is 0.344 e. The van der Waals surface area contributed by atoms with E-state index in [0.717, 1.165) is 32.8 Å². The number of nitrogens with zero attached hydrogens (tertiary/aromatic N) is 1. The third kappa shape index (κ3) is 3.98. The zero-order valence-corrected chi connectivity index (χ0v) is 16.9. The highest BCUT2D eigenvalue weighted by Gasteiger charge is 2.21. The van der Waals surface area contributed by atoms with Crippen LogP contribution < -0.4 is 26.9 Å². The van der Waals surface area contributed by atoms with E-state index in [1.54, 1.807) is 11.3 Å². The van der Waals surface area contributed by atoms with E-state index in [4.69, 9.17) is 11.6 Å². The first-order valence-corrected chi connectivity index (χ1v) is 9.24. The third-order valence-corrected chi connectivity index (χ3v) is 5.01. The molecule has 3 aromatic carbocycles. The highest BCUT2D eigenvalue weighted by Crippen LogP contribution is 2.28. The molecular formula is C21H16BrClN2S. The number of nitrogens with one attached hydrogen (secondary N) is 1. The van der Waals surface area contributed by atoms with Crippen molar-refractivity contribution in [3.05, 3.63) is 95.3 Å². The molecule has 0 saturated heterocycles. The summed E-state index contributed by atoms with van der Waals surface area (Å²) in [6.45, 7) is 0. The van der Waals surface area contributed by atoms with Crippen LogP contribution in [0.5, 0.6) is 0 Å². The fraction of sp³-hybridized carbons (Fsp3) is 0. The maximum atomic E-state index is 6.05. The fourth-order valence-corrected chi connectivity index (χ4v) is 3.78. The van der Waals surface area contributed by atoms with Gasteiger partial charge in [-0.2, -0.15) is 4.57 Å². The first kappa shape index (κ1) is 18.6. The van der Waals surface area contributed by atoms with Gasteiger partial charge in [0.15, 0.2) is 5.69 Å². The molecule has 1 heterocycles. The summed E-state index contributed by atoms with van der Waals surface area (Å²) in [6.07, 6.45) is 0. The first-order chi connectivity index (χ1) is 12.3. The molecule has 0 fully saturated rings. The van der Waals surface area contributed by atoms with Gasteiger partial charge in [0.05, 0.1) is 0 Å². The van der Waals surface area contributed by atoms with Gasteiger partial charge in [0.25, 0.3) is 0 Å². The topological polar surface area (TPSA) is 15.9 Å². The maximum absolute atomic E-state index is 6.05. The van der Waals surface area contributed by atoms with Gasteiger partial charge in [-0.15, -0.1) is 0 Å². The van der Waals surface area contributed by atoms with Crippen LogP contribution in [0.1, 0.15) is 0 Å². The molecule has 1 N–H and O–H groups in total. The van der Waals surface area contributed by atoms with Crippen molar-refractivity contribution >= 4 is 33.8 Å². The Morgan fingerprint density at radius 1 is 0.769 bits per heavy atom. The highest BCUT2D eigenvalue weighted by atomic mass is 79.9. The van der Waals surface area contributed by atoms with Crippen molar-refractivity contribution < 1.29 is 21.5 Å². The molecule has 0 radical (unpaired) electrons. The van der Waals surface area contributed by atoms with E-state index >= 15 is 0 Å². The number of anilines is 2. The molecule has 26 heavy (non-hydrogen) atoms. The van der Waals surface area contributed by atoms with Gasteiger partial charge in [-0.1, -0.05) is 59.3 Å². The lowest BCUT2D eigenvalue weighted by Crippen LogP contribution is -3.00. The zero-order valence-electron chi connectivity index (χ0n) is 13.8. The van der Waals surface area contributed by atoms with Crippen LogP contribution in [0.3, 0.4) is 0 Å². The van der Waals surface area contributed by atoms with E-state index in [1.165, 1.54) is 0 Å². The van der Waals surface area contributed by atoms with E-state index in [2.05, 4.69) is 63.8 Å². The summed E-state index contributed by atoms with van der Waals surface area (Å²) in [5, 5.41) is 7.50. The van der Waals surface area contributed by atoms with Crippen LogP contribution in [-0.4, -0.2) is 0 Å². The molecule has 0 amide bonds. The minimum atomic E-state index is 0. The van der Waals surface area contributed by atoms with Gasteiger partial charge in [0, 0.05) is 16.0 Å². The Labute approximate surface area is 172 Å². The van der Waals surface area contributed by atoms with Crippen molar-refractivity contribution in [2.45, 2.75) is 0 Å². The van der Waals surface area contributed by atoms with E-state index in [1.807, 2.05) is 36.4 Å². The molecule has 2 nitrogen and oxygen atoms in total. The number of thiazole rings is 1. The molecule has 4 aromatic rings. The Hall–Kier alpha value is -2.14. The largest absolute Gasteiger partial charge is 1.00 e. The number of hydrogen-bond acceptors (Lipinski definition) is 2. The molecule has 4 rings (SSSR count). The number of rotatable bonds is 4. The minimum absolute atomic E-state index is 0. The molecule has 0 bridgehead atoms. The van der Waals surface area contributed by atoms with Crippen molar-refractivity contribution in [1.82, 2.24) is 0 Å². The summed E-state index contributed by atoms with van der Waals surface area (Å²) in [7, 11) is 0. The van der Waals surface area contributed by atoms with Crippen LogP contribution in [0.15, 0.2) is 90.3 Å². The van der Waals surface area contributed by atoms with Crippen LogP contribution in [0, 0.1) is 0 Å². The predicted molar refractivity (Wildman–Crippen MR) is 106 cm³/mol. The van der Waals surface area contributed by atoms with E-state index in [0.29, 0.717) is 0 Å². The van der Waals surface area contributed by atoms with Crippen LogP contribution in [0.25, 0.3) is 16.9 Å². The Morgan fingerprint density at radius 3 is 2.04 bits per heavy atom. The molecule has 0 saturated carbocycles.